The summed E-state index contributed by atoms with van der Waals surface area (Å²) in [6, 6.07) is 16.1. The number of para-hydroxylation sites is 1. The summed E-state index contributed by atoms with van der Waals surface area (Å²) < 4.78 is 0. The van der Waals surface area contributed by atoms with Crippen LogP contribution in [0.5, 0.6) is 0 Å². The maximum absolute atomic E-state index is 9.29. The minimum Gasteiger partial charge on any atom is -0.340 e. The third-order valence-electron chi connectivity index (χ3n) is 3.48. The zero-order chi connectivity index (χ0) is 13.2. The third kappa shape index (κ3) is 2.18. The maximum Gasteiger partial charge on any atom is 0.101 e. The fraction of sp³-hybridized carbons (Fsp3) is 0.188. The molecule has 0 amide bonds. The summed E-state index contributed by atoms with van der Waals surface area (Å²) in [6.07, 6.45) is 2.20. The Bertz CT molecular complexity index is 658. The molecule has 3 heteroatoms. The molecule has 0 spiro atoms. The Hall–Kier alpha value is -1.98. The van der Waals surface area contributed by atoms with Gasteiger partial charge in [0.05, 0.1) is 11.3 Å². The molecule has 19 heavy (non-hydrogen) atoms. The van der Waals surface area contributed by atoms with Gasteiger partial charge < -0.3 is 4.90 Å². The van der Waals surface area contributed by atoms with E-state index in [9.17, 15) is 5.26 Å². The summed E-state index contributed by atoms with van der Waals surface area (Å²) in [7, 11) is 0. The summed E-state index contributed by atoms with van der Waals surface area (Å²) in [5.74, 6) is 0. The molecule has 1 aliphatic rings. The summed E-state index contributed by atoms with van der Waals surface area (Å²) in [5, 5.41) is 9.89. The normalized spacial score (nSPS) is 13.8. The minimum absolute atomic E-state index is 0.602. The van der Waals surface area contributed by atoms with Crippen LogP contribution in [-0.2, 0) is 6.42 Å². The highest BCUT2D eigenvalue weighted by molar-refractivity contribution is 6.30. The Morgan fingerprint density at radius 3 is 2.79 bits per heavy atom. The van der Waals surface area contributed by atoms with E-state index in [0.29, 0.717) is 10.6 Å². The molecule has 0 aromatic heterocycles. The molecule has 0 saturated carbocycles. The first-order chi connectivity index (χ1) is 9.29. The Kier molecular flexibility index (Phi) is 3.15. The van der Waals surface area contributed by atoms with Gasteiger partial charge >= 0.3 is 0 Å². The average molecular weight is 269 g/mol. The number of nitriles is 1. The van der Waals surface area contributed by atoms with Crippen molar-refractivity contribution in [2.45, 2.75) is 12.8 Å². The Morgan fingerprint density at radius 2 is 1.95 bits per heavy atom. The molecular weight excluding hydrogens is 256 g/mol. The molecule has 0 saturated heterocycles. The standard InChI is InChI=1S/C16H13ClN2/c17-14-7-8-16(13(10-14)11-18)19-9-3-5-12-4-1-2-6-15(12)19/h1-2,4,6-8,10H,3,5,9H2. The number of benzene rings is 2. The maximum atomic E-state index is 9.29. The first-order valence-corrected chi connectivity index (χ1v) is 6.72. The van der Waals surface area contributed by atoms with Crippen molar-refractivity contribution >= 4 is 23.0 Å². The smallest absolute Gasteiger partial charge is 0.101 e. The summed E-state index contributed by atoms with van der Waals surface area (Å²) in [6.45, 7) is 0.938. The molecule has 2 nitrogen and oxygen atoms in total. The summed E-state index contributed by atoms with van der Waals surface area (Å²) in [4.78, 5) is 2.22. The summed E-state index contributed by atoms with van der Waals surface area (Å²) >= 11 is 5.97. The van der Waals surface area contributed by atoms with Gasteiger partial charge in [0, 0.05) is 17.3 Å². The van der Waals surface area contributed by atoms with Crippen LogP contribution in [0.3, 0.4) is 0 Å². The molecule has 0 unspecified atom stereocenters. The second-order valence-electron chi connectivity index (χ2n) is 4.66. The summed E-state index contributed by atoms with van der Waals surface area (Å²) in [5.41, 5.74) is 4.11. The molecule has 0 aliphatic carbocycles. The molecule has 0 atom stereocenters. The van der Waals surface area contributed by atoms with Crippen molar-refractivity contribution in [2.75, 3.05) is 11.4 Å². The molecule has 0 bridgehead atoms. The van der Waals surface area contributed by atoms with Crippen LogP contribution in [0.1, 0.15) is 17.5 Å². The number of anilines is 2. The fourth-order valence-corrected chi connectivity index (χ4v) is 2.79. The van der Waals surface area contributed by atoms with Gasteiger partial charge in [0.1, 0.15) is 6.07 Å². The fourth-order valence-electron chi connectivity index (χ4n) is 2.62. The van der Waals surface area contributed by atoms with Crippen molar-refractivity contribution in [3.05, 3.63) is 58.6 Å². The van der Waals surface area contributed by atoms with E-state index in [2.05, 4.69) is 29.2 Å². The van der Waals surface area contributed by atoms with Gasteiger partial charge in [-0.25, -0.2) is 0 Å². The number of fused-ring (bicyclic) bond motifs is 1. The predicted molar refractivity (Wildman–Crippen MR) is 77.9 cm³/mol. The predicted octanol–water partition coefficient (Wildman–Crippen LogP) is 4.30. The highest BCUT2D eigenvalue weighted by atomic mass is 35.5. The van der Waals surface area contributed by atoms with Crippen molar-refractivity contribution in [3.63, 3.8) is 0 Å². The Balaban J connectivity index is 2.12. The topological polar surface area (TPSA) is 27.0 Å². The Labute approximate surface area is 117 Å². The van der Waals surface area contributed by atoms with E-state index in [1.165, 1.54) is 11.3 Å². The lowest BCUT2D eigenvalue weighted by Gasteiger charge is -2.32. The lowest BCUT2D eigenvalue weighted by atomic mass is 10.00. The zero-order valence-electron chi connectivity index (χ0n) is 10.4. The Morgan fingerprint density at radius 1 is 1.11 bits per heavy atom. The second-order valence-corrected chi connectivity index (χ2v) is 5.09. The molecule has 2 aromatic carbocycles. The van der Waals surface area contributed by atoms with Crippen LogP contribution in [0, 0.1) is 11.3 Å². The lowest BCUT2D eigenvalue weighted by molar-refractivity contribution is 0.766. The van der Waals surface area contributed by atoms with Crippen LogP contribution in [0.15, 0.2) is 42.5 Å². The number of aryl methyl sites for hydroxylation is 1. The monoisotopic (exact) mass is 268 g/mol. The zero-order valence-corrected chi connectivity index (χ0v) is 11.2. The number of rotatable bonds is 1. The van der Waals surface area contributed by atoms with Crippen molar-refractivity contribution < 1.29 is 0 Å². The van der Waals surface area contributed by atoms with E-state index >= 15 is 0 Å². The average Bonchev–Trinajstić information content (AvgIpc) is 2.46. The van der Waals surface area contributed by atoms with Gasteiger partial charge in [-0.1, -0.05) is 29.8 Å². The SMILES string of the molecule is N#Cc1cc(Cl)ccc1N1CCCc2ccccc21. The molecular formula is C16H13ClN2. The van der Waals surface area contributed by atoms with Crippen LogP contribution in [0.4, 0.5) is 11.4 Å². The molecule has 2 aromatic rings. The van der Waals surface area contributed by atoms with Gasteiger partial charge in [-0.05, 0) is 42.7 Å². The quantitative estimate of drug-likeness (QED) is 0.771. The van der Waals surface area contributed by atoms with Crippen LogP contribution in [0.25, 0.3) is 0 Å². The molecule has 1 aliphatic heterocycles. The molecule has 3 rings (SSSR count). The van der Waals surface area contributed by atoms with Crippen LogP contribution >= 0.6 is 11.6 Å². The van der Waals surface area contributed by atoms with Gasteiger partial charge in [-0.2, -0.15) is 5.26 Å². The molecule has 0 radical (unpaired) electrons. The van der Waals surface area contributed by atoms with Crippen molar-refractivity contribution in [3.8, 4) is 6.07 Å². The first-order valence-electron chi connectivity index (χ1n) is 6.34. The van der Waals surface area contributed by atoms with Crippen LogP contribution in [-0.4, -0.2) is 6.54 Å². The van der Waals surface area contributed by atoms with Gasteiger partial charge in [0.25, 0.3) is 0 Å². The molecule has 0 N–H and O–H groups in total. The highest BCUT2D eigenvalue weighted by Crippen LogP contribution is 2.35. The largest absolute Gasteiger partial charge is 0.340 e. The molecule has 0 fully saturated rings. The van der Waals surface area contributed by atoms with Gasteiger partial charge in [-0.15, -0.1) is 0 Å². The molecule has 94 valence electrons. The van der Waals surface area contributed by atoms with Crippen molar-refractivity contribution in [2.24, 2.45) is 0 Å². The van der Waals surface area contributed by atoms with Gasteiger partial charge in [0.2, 0.25) is 0 Å². The van der Waals surface area contributed by atoms with Gasteiger partial charge in [-0.3, -0.25) is 0 Å². The van der Waals surface area contributed by atoms with Crippen molar-refractivity contribution in [1.82, 2.24) is 0 Å². The van der Waals surface area contributed by atoms with E-state index in [4.69, 9.17) is 11.6 Å². The number of halogens is 1. The third-order valence-corrected chi connectivity index (χ3v) is 3.72. The number of hydrogen-bond donors (Lipinski definition) is 0. The van der Waals surface area contributed by atoms with Crippen LogP contribution in [0.2, 0.25) is 5.02 Å². The van der Waals surface area contributed by atoms with Gasteiger partial charge in [0.15, 0.2) is 0 Å². The van der Waals surface area contributed by atoms with E-state index in [0.717, 1.165) is 25.1 Å². The number of nitrogens with zero attached hydrogens (tertiary/aromatic N) is 2. The van der Waals surface area contributed by atoms with E-state index in [1.54, 1.807) is 6.07 Å². The van der Waals surface area contributed by atoms with Crippen LogP contribution < -0.4 is 4.90 Å². The van der Waals surface area contributed by atoms with Crippen molar-refractivity contribution in [1.29, 1.82) is 5.26 Å². The van der Waals surface area contributed by atoms with E-state index in [1.807, 2.05) is 18.2 Å². The van der Waals surface area contributed by atoms with E-state index in [-0.39, 0.29) is 0 Å². The lowest BCUT2D eigenvalue weighted by Crippen LogP contribution is -2.25. The number of hydrogen-bond acceptors (Lipinski definition) is 2. The van der Waals surface area contributed by atoms with E-state index < -0.39 is 0 Å². The minimum atomic E-state index is 0.602. The first kappa shape index (κ1) is 12.1. The second kappa shape index (κ2) is 4.95. The highest BCUT2D eigenvalue weighted by Gasteiger charge is 2.19. The molecule has 1 heterocycles.